The van der Waals surface area contributed by atoms with Gasteiger partial charge in [0.1, 0.15) is 5.76 Å². The minimum absolute atomic E-state index is 0.215. The number of hydrogen-bond acceptors (Lipinski definition) is 6. The Morgan fingerprint density at radius 1 is 1.61 bits per heavy atom. The van der Waals surface area contributed by atoms with Crippen LogP contribution in [-0.4, -0.2) is 18.1 Å². The number of furan rings is 1. The molecule has 0 atom stereocenters. The van der Waals surface area contributed by atoms with Gasteiger partial charge in [0.15, 0.2) is 5.13 Å². The average Bonchev–Trinajstić information content (AvgIpc) is 3.04. The fraction of sp³-hybridized carbons (Fsp3) is 0.333. The molecule has 2 rings (SSSR count). The number of hydrogen-bond donors (Lipinski definition) is 1. The number of nitrogens with zero attached hydrogens (tertiary/aromatic N) is 1. The molecule has 1 N–H and O–H groups in total. The highest BCUT2D eigenvalue weighted by Gasteiger charge is 2.06. The van der Waals surface area contributed by atoms with Crippen molar-refractivity contribution in [3.05, 3.63) is 35.2 Å². The van der Waals surface area contributed by atoms with Crippen molar-refractivity contribution in [2.45, 2.75) is 19.4 Å². The summed E-state index contributed by atoms with van der Waals surface area (Å²) in [6, 6.07) is 3.75. The lowest BCUT2D eigenvalue weighted by molar-refractivity contribution is -0.140. The van der Waals surface area contributed by atoms with E-state index in [0.29, 0.717) is 19.4 Å². The van der Waals surface area contributed by atoms with Crippen molar-refractivity contribution >= 4 is 22.4 Å². The Morgan fingerprint density at radius 3 is 3.22 bits per heavy atom. The molecule has 5 nitrogen and oxygen atoms in total. The van der Waals surface area contributed by atoms with Gasteiger partial charge in [-0.15, -0.1) is 11.3 Å². The first-order valence-electron chi connectivity index (χ1n) is 5.55. The van der Waals surface area contributed by atoms with E-state index in [1.54, 1.807) is 6.26 Å². The Kier molecular flexibility index (Phi) is 4.35. The predicted molar refractivity (Wildman–Crippen MR) is 68.5 cm³/mol. The minimum Gasteiger partial charge on any atom is -0.469 e. The van der Waals surface area contributed by atoms with E-state index in [0.717, 1.165) is 16.6 Å². The van der Waals surface area contributed by atoms with Gasteiger partial charge in [-0.2, -0.15) is 0 Å². The second-order valence-electron chi connectivity index (χ2n) is 3.65. The average molecular weight is 266 g/mol. The number of esters is 1. The molecule has 0 saturated carbocycles. The van der Waals surface area contributed by atoms with E-state index in [4.69, 9.17) is 4.42 Å². The number of rotatable bonds is 6. The van der Waals surface area contributed by atoms with Crippen LogP contribution in [0, 0.1) is 0 Å². The highest BCUT2D eigenvalue weighted by molar-refractivity contribution is 7.13. The normalized spacial score (nSPS) is 10.3. The van der Waals surface area contributed by atoms with Gasteiger partial charge >= 0.3 is 5.97 Å². The second-order valence-corrected chi connectivity index (χ2v) is 4.51. The van der Waals surface area contributed by atoms with E-state index < -0.39 is 0 Å². The molecular formula is C12H14N2O3S. The Labute approximate surface area is 109 Å². The van der Waals surface area contributed by atoms with Crippen molar-refractivity contribution in [3.63, 3.8) is 0 Å². The quantitative estimate of drug-likeness (QED) is 0.814. The first-order valence-corrected chi connectivity index (χ1v) is 6.43. The third-order valence-corrected chi connectivity index (χ3v) is 3.21. The summed E-state index contributed by atoms with van der Waals surface area (Å²) in [4.78, 5) is 15.4. The van der Waals surface area contributed by atoms with Crippen LogP contribution in [0.1, 0.15) is 17.9 Å². The predicted octanol–water partition coefficient (Wildman–Crippen LogP) is 2.45. The van der Waals surface area contributed by atoms with Gasteiger partial charge in [0, 0.05) is 11.8 Å². The molecular weight excluding hydrogens is 252 g/mol. The van der Waals surface area contributed by atoms with Crippen molar-refractivity contribution in [2.24, 2.45) is 0 Å². The standard InChI is InChI=1S/C12H14N2O3S/c1-16-11(15)5-4-9-8-18-12(14-9)13-7-10-3-2-6-17-10/h2-3,6,8H,4-5,7H2,1H3,(H,13,14). The van der Waals surface area contributed by atoms with E-state index >= 15 is 0 Å². The van der Waals surface area contributed by atoms with Crippen LogP contribution in [0.4, 0.5) is 5.13 Å². The molecule has 0 aliphatic rings. The molecule has 2 aromatic rings. The molecule has 0 aliphatic heterocycles. The molecule has 0 aromatic carbocycles. The Balaban J connectivity index is 1.80. The van der Waals surface area contributed by atoms with Crippen molar-refractivity contribution in [1.29, 1.82) is 0 Å². The molecule has 0 spiro atoms. The van der Waals surface area contributed by atoms with Gasteiger partial charge in [-0.3, -0.25) is 4.79 Å². The Bertz CT molecular complexity index is 493. The summed E-state index contributed by atoms with van der Waals surface area (Å²) in [5, 5.41) is 5.93. The van der Waals surface area contributed by atoms with Crippen LogP contribution in [0.2, 0.25) is 0 Å². The van der Waals surface area contributed by atoms with Crippen LogP contribution in [0.25, 0.3) is 0 Å². The van der Waals surface area contributed by atoms with Crippen molar-refractivity contribution in [3.8, 4) is 0 Å². The maximum atomic E-state index is 11.0. The molecule has 0 fully saturated rings. The van der Waals surface area contributed by atoms with Crippen molar-refractivity contribution in [1.82, 2.24) is 4.98 Å². The van der Waals surface area contributed by atoms with E-state index in [1.807, 2.05) is 17.5 Å². The Morgan fingerprint density at radius 2 is 2.50 bits per heavy atom. The van der Waals surface area contributed by atoms with Crippen LogP contribution in [0.3, 0.4) is 0 Å². The number of aromatic nitrogens is 1. The lowest BCUT2D eigenvalue weighted by atomic mass is 10.2. The summed E-state index contributed by atoms with van der Waals surface area (Å²) in [5.41, 5.74) is 0.896. The van der Waals surface area contributed by atoms with Crippen LogP contribution in [0.5, 0.6) is 0 Å². The fourth-order valence-electron chi connectivity index (χ4n) is 1.41. The van der Waals surface area contributed by atoms with E-state index in [-0.39, 0.29) is 5.97 Å². The number of nitrogens with one attached hydrogen (secondary N) is 1. The molecule has 0 aliphatic carbocycles. The zero-order valence-corrected chi connectivity index (χ0v) is 10.8. The fourth-order valence-corrected chi connectivity index (χ4v) is 2.15. The number of carbonyl (C=O) groups is 1. The topological polar surface area (TPSA) is 64.4 Å². The molecule has 0 amide bonds. The summed E-state index contributed by atoms with van der Waals surface area (Å²) >= 11 is 1.51. The molecule has 18 heavy (non-hydrogen) atoms. The summed E-state index contributed by atoms with van der Waals surface area (Å²) < 4.78 is 9.79. The highest BCUT2D eigenvalue weighted by Crippen LogP contribution is 2.17. The lowest BCUT2D eigenvalue weighted by Gasteiger charge is -1.98. The number of methoxy groups -OCH3 is 1. The molecule has 0 saturated heterocycles. The van der Waals surface area contributed by atoms with Gasteiger partial charge in [-0.05, 0) is 12.1 Å². The van der Waals surface area contributed by atoms with E-state index in [2.05, 4.69) is 15.0 Å². The van der Waals surface area contributed by atoms with Crippen LogP contribution >= 0.6 is 11.3 Å². The number of thiazole rings is 1. The smallest absolute Gasteiger partial charge is 0.305 e. The number of carbonyl (C=O) groups excluding carboxylic acids is 1. The number of aryl methyl sites for hydroxylation is 1. The van der Waals surface area contributed by atoms with Crippen LogP contribution < -0.4 is 5.32 Å². The first-order chi connectivity index (χ1) is 8.78. The molecule has 96 valence electrons. The summed E-state index contributed by atoms with van der Waals surface area (Å²) in [6.07, 6.45) is 2.60. The van der Waals surface area contributed by atoms with E-state index in [9.17, 15) is 4.79 Å². The summed E-state index contributed by atoms with van der Waals surface area (Å²) in [7, 11) is 1.39. The van der Waals surface area contributed by atoms with Gasteiger partial charge in [-0.1, -0.05) is 0 Å². The summed E-state index contributed by atoms with van der Waals surface area (Å²) in [6.45, 7) is 0.608. The van der Waals surface area contributed by atoms with Gasteiger partial charge in [0.25, 0.3) is 0 Å². The highest BCUT2D eigenvalue weighted by atomic mass is 32.1. The molecule has 0 unspecified atom stereocenters. The van der Waals surface area contributed by atoms with E-state index in [1.165, 1.54) is 18.4 Å². The largest absolute Gasteiger partial charge is 0.469 e. The first kappa shape index (κ1) is 12.6. The zero-order chi connectivity index (χ0) is 12.8. The maximum Gasteiger partial charge on any atom is 0.305 e. The molecule has 2 heterocycles. The monoisotopic (exact) mass is 266 g/mol. The van der Waals surface area contributed by atoms with Gasteiger partial charge in [0.2, 0.25) is 0 Å². The lowest BCUT2D eigenvalue weighted by Crippen LogP contribution is -2.02. The van der Waals surface area contributed by atoms with Gasteiger partial charge in [-0.25, -0.2) is 4.98 Å². The molecule has 0 radical (unpaired) electrons. The Hall–Kier alpha value is -1.82. The number of ether oxygens (including phenoxy) is 1. The maximum absolute atomic E-state index is 11.0. The van der Waals surface area contributed by atoms with Crippen LogP contribution in [0.15, 0.2) is 28.2 Å². The SMILES string of the molecule is COC(=O)CCc1csc(NCc2ccco2)n1. The van der Waals surface area contributed by atoms with Crippen LogP contribution in [-0.2, 0) is 22.5 Å². The number of anilines is 1. The van der Waals surface area contributed by atoms with Gasteiger partial charge in [0.05, 0.1) is 32.0 Å². The summed E-state index contributed by atoms with van der Waals surface area (Å²) in [5.74, 6) is 0.648. The van der Waals surface area contributed by atoms with Gasteiger partial charge < -0.3 is 14.5 Å². The third-order valence-electron chi connectivity index (χ3n) is 2.36. The minimum atomic E-state index is -0.215. The second kappa shape index (κ2) is 6.20. The third kappa shape index (κ3) is 3.59. The molecule has 0 bridgehead atoms. The van der Waals surface area contributed by atoms with Crippen molar-refractivity contribution < 1.29 is 13.9 Å². The van der Waals surface area contributed by atoms with Crippen molar-refractivity contribution in [2.75, 3.05) is 12.4 Å². The molecule has 6 heteroatoms. The zero-order valence-electron chi connectivity index (χ0n) is 10.0. The molecule has 2 aromatic heterocycles.